The summed E-state index contributed by atoms with van der Waals surface area (Å²) in [5, 5.41) is 3.57. The molecule has 5 rings (SSSR count). The molecule has 0 aromatic heterocycles. The lowest BCUT2D eigenvalue weighted by molar-refractivity contribution is -0.124. The number of carbonyl (C=O) groups excluding carboxylic acids is 1. The summed E-state index contributed by atoms with van der Waals surface area (Å²) < 4.78 is 17.8. The molecule has 0 amide bonds. The molecule has 3 aliphatic rings. The van der Waals surface area contributed by atoms with Crippen molar-refractivity contribution in [2.24, 2.45) is 0 Å². The first-order valence-corrected chi connectivity index (χ1v) is 11.9. The van der Waals surface area contributed by atoms with Crippen LogP contribution >= 0.6 is 0 Å². The van der Waals surface area contributed by atoms with Gasteiger partial charge in [0.25, 0.3) is 0 Å². The van der Waals surface area contributed by atoms with Crippen LogP contribution in [0.2, 0.25) is 0 Å². The predicted octanol–water partition coefficient (Wildman–Crippen LogP) is 5.43. The van der Waals surface area contributed by atoms with Crippen LogP contribution in [0.4, 0.5) is 5.69 Å². The van der Waals surface area contributed by atoms with Crippen LogP contribution < -0.4 is 10.1 Å². The number of anilines is 1. The summed E-state index contributed by atoms with van der Waals surface area (Å²) in [5.41, 5.74) is 5.05. The van der Waals surface area contributed by atoms with Gasteiger partial charge in [0, 0.05) is 31.7 Å². The van der Waals surface area contributed by atoms with Gasteiger partial charge in [0.2, 0.25) is 0 Å². The lowest BCUT2D eigenvalue weighted by atomic mass is 9.85. The zero-order chi connectivity index (χ0) is 22.1. The zero-order valence-electron chi connectivity index (χ0n) is 19.1. The van der Waals surface area contributed by atoms with Crippen molar-refractivity contribution < 1.29 is 19.0 Å². The second kappa shape index (κ2) is 8.87. The molecule has 2 saturated carbocycles. The fourth-order valence-electron chi connectivity index (χ4n) is 4.46. The van der Waals surface area contributed by atoms with E-state index in [0.29, 0.717) is 44.9 Å². The maximum Gasteiger partial charge on any atom is 0.155 e. The van der Waals surface area contributed by atoms with E-state index >= 15 is 0 Å². The molecule has 0 radical (unpaired) electrons. The van der Waals surface area contributed by atoms with Gasteiger partial charge in [-0.25, -0.2) is 0 Å². The Labute approximate surface area is 190 Å². The molecule has 1 N–H and O–H groups in total. The molecule has 2 aliphatic carbocycles. The van der Waals surface area contributed by atoms with Crippen LogP contribution in [0.15, 0.2) is 36.4 Å². The van der Waals surface area contributed by atoms with E-state index in [1.54, 1.807) is 6.92 Å². The first-order chi connectivity index (χ1) is 15.5. The van der Waals surface area contributed by atoms with Crippen LogP contribution in [-0.4, -0.2) is 36.7 Å². The van der Waals surface area contributed by atoms with E-state index in [4.69, 9.17) is 14.2 Å². The highest BCUT2D eigenvalue weighted by molar-refractivity contribution is 5.89. The van der Waals surface area contributed by atoms with E-state index in [1.165, 1.54) is 11.1 Å². The van der Waals surface area contributed by atoms with Gasteiger partial charge >= 0.3 is 0 Å². The molecule has 0 unspecified atom stereocenters. The number of rotatable bonds is 9. The molecule has 32 heavy (non-hydrogen) atoms. The van der Waals surface area contributed by atoms with Gasteiger partial charge in [0.15, 0.2) is 5.78 Å². The van der Waals surface area contributed by atoms with E-state index in [9.17, 15) is 4.79 Å². The number of carbonyl (C=O) groups is 1. The number of nitrogens with one attached hydrogen (secondary N) is 1. The van der Waals surface area contributed by atoms with Crippen molar-refractivity contribution in [3.63, 3.8) is 0 Å². The van der Waals surface area contributed by atoms with Crippen LogP contribution in [0.5, 0.6) is 5.75 Å². The van der Waals surface area contributed by atoms with E-state index in [2.05, 4.69) is 48.6 Å². The fraction of sp³-hybridized carbons (Fsp3) is 0.519. The zero-order valence-corrected chi connectivity index (χ0v) is 19.1. The van der Waals surface area contributed by atoms with Gasteiger partial charge in [-0.15, -0.1) is 0 Å². The molecular formula is C27H33NO4. The Morgan fingerprint density at radius 2 is 1.81 bits per heavy atom. The van der Waals surface area contributed by atoms with Crippen LogP contribution in [0.3, 0.4) is 0 Å². The largest absolute Gasteiger partial charge is 0.490 e. The summed E-state index contributed by atoms with van der Waals surface area (Å²) in [5.74, 6) is 1.14. The van der Waals surface area contributed by atoms with Crippen LogP contribution in [0.1, 0.15) is 56.6 Å². The third kappa shape index (κ3) is 4.69. The average Bonchev–Trinajstić information content (AvgIpc) is 3.71. The molecule has 2 aromatic rings. The topological polar surface area (TPSA) is 56.8 Å². The van der Waals surface area contributed by atoms with Gasteiger partial charge < -0.3 is 19.5 Å². The summed E-state index contributed by atoms with van der Waals surface area (Å²) >= 11 is 0. The lowest BCUT2D eigenvalue weighted by Crippen LogP contribution is -2.49. The SMILES string of the molecule is CC(=O)C1(Nc2ccc(-c3cccc(OC4CC4)c3C)c(COC3CC3)c2)CCOCC1. The smallest absolute Gasteiger partial charge is 0.155 e. The molecule has 3 fully saturated rings. The summed E-state index contributed by atoms with van der Waals surface area (Å²) in [6.07, 6.45) is 6.71. The quantitative estimate of drug-likeness (QED) is 0.569. The molecule has 0 spiro atoms. The van der Waals surface area contributed by atoms with Crippen molar-refractivity contribution in [2.75, 3.05) is 18.5 Å². The number of Topliss-reactive ketones (excluding diaryl/α,β-unsaturated/α-hetero) is 1. The number of hydrogen-bond acceptors (Lipinski definition) is 5. The van der Waals surface area contributed by atoms with E-state index in [-0.39, 0.29) is 5.78 Å². The second-order valence-electron chi connectivity index (χ2n) is 9.50. The third-order valence-corrected chi connectivity index (χ3v) is 6.90. The van der Waals surface area contributed by atoms with Crippen LogP contribution in [0, 0.1) is 6.92 Å². The predicted molar refractivity (Wildman–Crippen MR) is 125 cm³/mol. The van der Waals surface area contributed by atoms with Gasteiger partial charge in [-0.3, -0.25) is 4.79 Å². The highest BCUT2D eigenvalue weighted by Crippen LogP contribution is 2.38. The normalized spacial score (nSPS) is 20.1. The third-order valence-electron chi connectivity index (χ3n) is 6.90. The first kappa shape index (κ1) is 21.5. The second-order valence-corrected chi connectivity index (χ2v) is 9.50. The van der Waals surface area contributed by atoms with Crippen molar-refractivity contribution in [1.82, 2.24) is 0 Å². The van der Waals surface area contributed by atoms with Gasteiger partial charge in [-0.1, -0.05) is 18.2 Å². The highest BCUT2D eigenvalue weighted by Gasteiger charge is 2.37. The Kier molecular flexibility index (Phi) is 5.95. The molecule has 0 bridgehead atoms. The molecule has 5 heteroatoms. The first-order valence-electron chi connectivity index (χ1n) is 11.9. The maximum absolute atomic E-state index is 12.5. The Balaban J connectivity index is 1.47. The van der Waals surface area contributed by atoms with Gasteiger partial charge in [-0.05, 0) is 80.0 Å². The van der Waals surface area contributed by atoms with Crippen molar-refractivity contribution >= 4 is 11.5 Å². The van der Waals surface area contributed by atoms with Crippen LogP contribution in [0.25, 0.3) is 11.1 Å². The van der Waals surface area contributed by atoms with Gasteiger partial charge in [-0.2, -0.15) is 0 Å². The molecule has 2 aromatic carbocycles. The lowest BCUT2D eigenvalue weighted by Gasteiger charge is -2.36. The highest BCUT2D eigenvalue weighted by atomic mass is 16.5. The number of benzene rings is 2. The average molecular weight is 436 g/mol. The molecule has 1 aliphatic heterocycles. The monoisotopic (exact) mass is 435 g/mol. The molecule has 0 atom stereocenters. The summed E-state index contributed by atoms with van der Waals surface area (Å²) in [6, 6.07) is 12.7. The molecule has 1 saturated heterocycles. The Bertz CT molecular complexity index is 987. The molecule has 5 nitrogen and oxygen atoms in total. The summed E-state index contributed by atoms with van der Waals surface area (Å²) in [7, 11) is 0. The number of ether oxygens (including phenoxy) is 3. The fourth-order valence-corrected chi connectivity index (χ4v) is 4.46. The van der Waals surface area contributed by atoms with E-state index < -0.39 is 5.54 Å². The minimum atomic E-state index is -0.553. The molecule has 170 valence electrons. The van der Waals surface area contributed by atoms with Gasteiger partial charge in [0.1, 0.15) is 11.3 Å². The van der Waals surface area contributed by atoms with E-state index in [0.717, 1.165) is 48.2 Å². The maximum atomic E-state index is 12.5. The Morgan fingerprint density at radius 3 is 2.50 bits per heavy atom. The summed E-state index contributed by atoms with van der Waals surface area (Å²) in [4.78, 5) is 12.5. The molecule has 1 heterocycles. The van der Waals surface area contributed by atoms with Crippen molar-refractivity contribution in [3.8, 4) is 16.9 Å². The molecular weight excluding hydrogens is 402 g/mol. The minimum absolute atomic E-state index is 0.168. The summed E-state index contributed by atoms with van der Waals surface area (Å²) in [6.45, 7) is 5.60. The number of ketones is 1. The van der Waals surface area contributed by atoms with E-state index in [1.807, 2.05) is 0 Å². The van der Waals surface area contributed by atoms with Gasteiger partial charge in [0.05, 0.1) is 18.8 Å². The Hall–Kier alpha value is -2.37. The minimum Gasteiger partial charge on any atom is -0.490 e. The van der Waals surface area contributed by atoms with Crippen molar-refractivity contribution in [1.29, 1.82) is 0 Å². The number of hydrogen-bond donors (Lipinski definition) is 1. The van der Waals surface area contributed by atoms with Crippen molar-refractivity contribution in [3.05, 3.63) is 47.5 Å². The standard InChI is InChI=1S/C27H33NO4/c1-18-24(4-3-5-26(18)32-23-9-10-23)25-11-6-21(16-20(25)17-31-22-7-8-22)28-27(19(2)29)12-14-30-15-13-27/h3-6,11,16,22-23,28H,7-10,12-15,17H2,1-2H3. The van der Waals surface area contributed by atoms with Crippen LogP contribution in [-0.2, 0) is 20.9 Å². The van der Waals surface area contributed by atoms with Crippen molar-refractivity contribution in [2.45, 2.75) is 76.7 Å². The Morgan fingerprint density at radius 1 is 1.06 bits per heavy atom.